The summed E-state index contributed by atoms with van der Waals surface area (Å²) in [5.74, 6) is 0.387. The number of carbonyl (C=O) groups excluding carboxylic acids is 2. The van der Waals surface area contributed by atoms with Crippen LogP contribution in [0.5, 0.6) is 5.75 Å². The molecule has 0 aliphatic heterocycles. The van der Waals surface area contributed by atoms with E-state index < -0.39 is 0 Å². The lowest BCUT2D eigenvalue weighted by molar-refractivity contribution is -0.118. The summed E-state index contributed by atoms with van der Waals surface area (Å²) >= 11 is 0. The Morgan fingerprint density at radius 3 is 2.00 bits per heavy atom. The van der Waals surface area contributed by atoms with E-state index in [4.69, 9.17) is 4.74 Å². The zero-order valence-electron chi connectivity index (χ0n) is 14.4. The van der Waals surface area contributed by atoms with Gasteiger partial charge in [0.1, 0.15) is 5.75 Å². The van der Waals surface area contributed by atoms with Gasteiger partial charge in [0.25, 0.3) is 5.91 Å². The van der Waals surface area contributed by atoms with E-state index in [0.717, 1.165) is 22.4 Å². The molecule has 5 heteroatoms. The fourth-order valence-corrected chi connectivity index (χ4v) is 2.32. The van der Waals surface area contributed by atoms with Gasteiger partial charge in [0.2, 0.25) is 5.91 Å². The molecule has 0 bridgehead atoms. The first kappa shape index (κ1) is 17.5. The minimum Gasteiger partial charge on any atom is -0.483 e. The summed E-state index contributed by atoms with van der Waals surface area (Å²) in [5.41, 5.74) is 4.51. The maximum atomic E-state index is 12.1. The van der Waals surface area contributed by atoms with Crippen LogP contribution in [0.25, 0.3) is 0 Å². The zero-order valence-corrected chi connectivity index (χ0v) is 14.4. The number of benzene rings is 2. The van der Waals surface area contributed by atoms with Gasteiger partial charge in [-0.05, 0) is 61.7 Å². The highest BCUT2D eigenvalue weighted by Gasteiger charge is 2.09. The Hall–Kier alpha value is -2.82. The summed E-state index contributed by atoms with van der Waals surface area (Å²) in [7, 11) is 0. The summed E-state index contributed by atoms with van der Waals surface area (Å²) in [6.07, 6.45) is 0. The van der Waals surface area contributed by atoms with Crippen molar-refractivity contribution >= 4 is 23.2 Å². The Bertz CT molecular complexity index is 752. The first-order valence-corrected chi connectivity index (χ1v) is 7.74. The molecule has 0 aromatic heterocycles. The van der Waals surface area contributed by atoms with Crippen LogP contribution in [0.2, 0.25) is 0 Å². The molecular formula is C19H22N2O3. The number of ether oxygens (including phenoxy) is 1. The standard InChI is InChI=1S/C19H22N2O3/c1-12-5-6-13(2)19(14(12)3)24-11-18(23)21-17-9-7-16(8-10-17)20-15(4)22/h5-10H,11H2,1-4H3,(H,20,22)(H,21,23). The molecule has 0 spiro atoms. The van der Waals surface area contributed by atoms with Gasteiger partial charge in [-0.2, -0.15) is 0 Å². The number of nitrogens with one attached hydrogen (secondary N) is 2. The molecule has 24 heavy (non-hydrogen) atoms. The Balaban J connectivity index is 1.94. The van der Waals surface area contributed by atoms with E-state index in [9.17, 15) is 9.59 Å². The van der Waals surface area contributed by atoms with Crippen LogP contribution in [0.3, 0.4) is 0 Å². The molecule has 2 rings (SSSR count). The van der Waals surface area contributed by atoms with Gasteiger partial charge in [-0.25, -0.2) is 0 Å². The van der Waals surface area contributed by atoms with E-state index in [1.54, 1.807) is 24.3 Å². The quantitative estimate of drug-likeness (QED) is 0.882. The minimum atomic E-state index is -0.234. The van der Waals surface area contributed by atoms with Crippen LogP contribution in [0.15, 0.2) is 36.4 Å². The van der Waals surface area contributed by atoms with Crippen LogP contribution in [0.1, 0.15) is 23.6 Å². The van der Waals surface area contributed by atoms with E-state index in [-0.39, 0.29) is 18.4 Å². The molecule has 0 heterocycles. The van der Waals surface area contributed by atoms with Gasteiger partial charge in [-0.1, -0.05) is 12.1 Å². The van der Waals surface area contributed by atoms with E-state index in [2.05, 4.69) is 10.6 Å². The van der Waals surface area contributed by atoms with Crippen molar-refractivity contribution in [1.29, 1.82) is 0 Å². The first-order valence-electron chi connectivity index (χ1n) is 7.74. The zero-order chi connectivity index (χ0) is 17.7. The Kier molecular flexibility index (Phi) is 5.58. The molecule has 5 nitrogen and oxygen atoms in total. The molecule has 126 valence electrons. The molecule has 0 fully saturated rings. The maximum absolute atomic E-state index is 12.1. The lowest BCUT2D eigenvalue weighted by Crippen LogP contribution is -2.20. The molecule has 2 aromatic rings. The highest BCUT2D eigenvalue weighted by atomic mass is 16.5. The van der Waals surface area contributed by atoms with Gasteiger partial charge >= 0.3 is 0 Å². The van der Waals surface area contributed by atoms with Crippen LogP contribution in [0.4, 0.5) is 11.4 Å². The fourth-order valence-electron chi connectivity index (χ4n) is 2.32. The molecule has 0 aliphatic carbocycles. The summed E-state index contributed by atoms with van der Waals surface area (Å²) < 4.78 is 5.69. The third kappa shape index (κ3) is 4.59. The Morgan fingerprint density at radius 2 is 1.42 bits per heavy atom. The van der Waals surface area contributed by atoms with Crippen LogP contribution < -0.4 is 15.4 Å². The normalized spacial score (nSPS) is 10.2. The van der Waals surface area contributed by atoms with Crippen molar-refractivity contribution in [2.75, 3.05) is 17.2 Å². The second kappa shape index (κ2) is 7.64. The van der Waals surface area contributed by atoms with E-state index in [0.29, 0.717) is 11.4 Å². The summed E-state index contributed by atoms with van der Waals surface area (Å²) in [6.45, 7) is 7.34. The van der Waals surface area contributed by atoms with Gasteiger partial charge in [0.05, 0.1) is 0 Å². The van der Waals surface area contributed by atoms with E-state index in [1.165, 1.54) is 6.92 Å². The molecule has 2 N–H and O–H groups in total. The molecule has 2 aromatic carbocycles. The molecule has 0 aliphatic rings. The topological polar surface area (TPSA) is 67.4 Å². The summed E-state index contributed by atoms with van der Waals surface area (Å²) in [5, 5.41) is 5.44. The predicted molar refractivity (Wildman–Crippen MR) is 95.5 cm³/mol. The van der Waals surface area contributed by atoms with Crippen molar-refractivity contribution in [1.82, 2.24) is 0 Å². The molecule has 0 unspecified atom stereocenters. The Labute approximate surface area is 142 Å². The molecule has 0 radical (unpaired) electrons. The maximum Gasteiger partial charge on any atom is 0.262 e. The van der Waals surface area contributed by atoms with Gasteiger partial charge in [-0.15, -0.1) is 0 Å². The fraction of sp³-hybridized carbons (Fsp3) is 0.263. The van der Waals surface area contributed by atoms with Crippen LogP contribution in [-0.4, -0.2) is 18.4 Å². The highest BCUT2D eigenvalue weighted by Crippen LogP contribution is 2.25. The number of hydrogen-bond donors (Lipinski definition) is 2. The average molecular weight is 326 g/mol. The molecule has 2 amide bonds. The number of hydrogen-bond acceptors (Lipinski definition) is 3. The van der Waals surface area contributed by atoms with Gasteiger partial charge in [0.15, 0.2) is 6.61 Å². The van der Waals surface area contributed by atoms with Crippen molar-refractivity contribution in [2.24, 2.45) is 0 Å². The predicted octanol–water partition coefficient (Wildman–Crippen LogP) is 3.59. The van der Waals surface area contributed by atoms with Crippen molar-refractivity contribution in [3.63, 3.8) is 0 Å². The monoisotopic (exact) mass is 326 g/mol. The summed E-state index contributed by atoms with van der Waals surface area (Å²) in [4.78, 5) is 23.0. The SMILES string of the molecule is CC(=O)Nc1ccc(NC(=O)COc2c(C)ccc(C)c2C)cc1. The molecular weight excluding hydrogens is 304 g/mol. The number of aryl methyl sites for hydroxylation is 2. The molecule has 0 saturated heterocycles. The number of rotatable bonds is 5. The second-order valence-electron chi connectivity index (χ2n) is 5.75. The third-order valence-corrected chi connectivity index (χ3v) is 3.71. The largest absolute Gasteiger partial charge is 0.483 e. The van der Waals surface area contributed by atoms with Crippen molar-refractivity contribution in [3.8, 4) is 5.75 Å². The molecule has 0 atom stereocenters. The number of carbonyl (C=O) groups is 2. The number of anilines is 2. The van der Waals surface area contributed by atoms with Gasteiger partial charge < -0.3 is 15.4 Å². The summed E-state index contributed by atoms with van der Waals surface area (Å²) in [6, 6.07) is 10.9. The Morgan fingerprint density at radius 1 is 0.875 bits per heavy atom. The van der Waals surface area contributed by atoms with Crippen LogP contribution >= 0.6 is 0 Å². The molecule has 0 saturated carbocycles. The highest BCUT2D eigenvalue weighted by molar-refractivity contribution is 5.93. The lowest BCUT2D eigenvalue weighted by Gasteiger charge is -2.14. The van der Waals surface area contributed by atoms with Crippen molar-refractivity contribution < 1.29 is 14.3 Å². The lowest BCUT2D eigenvalue weighted by atomic mass is 10.1. The first-order chi connectivity index (χ1) is 11.4. The number of amides is 2. The minimum absolute atomic E-state index is 0.0570. The van der Waals surface area contributed by atoms with Crippen molar-refractivity contribution in [2.45, 2.75) is 27.7 Å². The van der Waals surface area contributed by atoms with E-state index in [1.807, 2.05) is 32.9 Å². The third-order valence-electron chi connectivity index (χ3n) is 3.71. The van der Waals surface area contributed by atoms with Gasteiger partial charge in [0, 0.05) is 18.3 Å². The van der Waals surface area contributed by atoms with Crippen molar-refractivity contribution in [3.05, 3.63) is 53.1 Å². The van der Waals surface area contributed by atoms with Gasteiger partial charge in [-0.3, -0.25) is 9.59 Å². The van der Waals surface area contributed by atoms with Crippen LogP contribution in [0, 0.1) is 20.8 Å². The van der Waals surface area contributed by atoms with Crippen LogP contribution in [-0.2, 0) is 9.59 Å². The van der Waals surface area contributed by atoms with E-state index >= 15 is 0 Å². The second-order valence-corrected chi connectivity index (χ2v) is 5.75. The smallest absolute Gasteiger partial charge is 0.262 e. The average Bonchev–Trinajstić information content (AvgIpc) is 2.52.